The van der Waals surface area contributed by atoms with Crippen molar-refractivity contribution in [2.45, 2.75) is 51.1 Å². The Morgan fingerprint density at radius 3 is 2.25 bits per heavy atom. The summed E-state index contributed by atoms with van der Waals surface area (Å²) in [4.78, 5) is 28.5. The second-order valence-corrected chi connectivity index (χ2v) is 12.0. The van der Waals surface area contributed by atoms with Crippen LogP contribution in [0.1, 0.15) is 39.2 Å². The van der Waals surface area contributed by atoms with Gasteiger partial charge < -0.3 is 15.0 Å². The fourth-order valence-corrected chi connectivity index (χ4v) is 5.79. The van der Waals surface area contributed by atoms with Gasteiger partial charge >= 0.3 is 0 Å². The van der Waals surface area contributed by atoms with Gasteiger partial charge in [-0.3, -0.25) is 13.9 Å². The molecule has 0 aliphatic rings. The van der Waals surface area contributed by atoms with Crippen LogP contribution in [0.25, 0.3) is 0 Å². The molecule has 10 heteroatoms. The van der Waals surface area contributed by atoms with Crippen LogP contribution in [0.5, 0.6) is 5.75 Å². The molecule has 0 bridgehead atoms. The normalized spacial score (nSPS) is 11.9. The van der Waals surface area contributed by atoms with Gasteiger partial charge in [0.2, 0.25) is 11.8 Å². The van der Waals surface area contributed by atoms with Crippen molar-refractivity contribution in [3.63, 3.8) is 0 Å². The number of unbranched alkanes of at least 4 members (excludes halogenated alkanes) is 1. The number of sulfonamides is 1. The number of para-hydroxylation sites is 2. The van der Waals surface area contributed by atoms with E-state index in [-0.39, 0.29) is 23.0 Å². The first kappa shape index (κ1) is 31.2. The molecule has 0 radical (unpaired) electrons. The number of benzene rings is 3. The number of hydrogen-bond acceptors (Lipinski definition) is 5. The first-order valence-electron chi connectivity index (χ1n) is 13.3. The van der Waals surface area contributed by atoms with Crippen molar-refractivity contribution in [3.05, 3.63) is 88.9 Å². The van der Waals surface area contributed by atoms with Gasteiger partial charge in [0.1, 0.15) is 18.3 Å². The zero-order chi connectivity index (χ0) is 29.1. The van der Waals surface area contributed by atoms with E-state index in [9.17, 15) is 18.0 Å². The predicted molar refractivity (Wildman–Crippen MR) is 161 cm³/mol. The lowest BCUT2D eigenvalue weighted by molar-refractivity contribution is -0.139. The molecule has 40 heavy (non-hydrogen) atoms. The lowest BCUT2D eigenvalue weighted by atomic mass is 10.1. The summed E-state index contributed by atoms with van der Waals surface area (Å²) in [5.41, 5.74) is 1.04. The van der Waals surface area contributed by atoms with Crippen molar-refractivity contribution >= 4 is 43.5 Å². The Labute approximate surface area is 245 Å². The number of carbonyl (C=O) groups excluding carboxylic acids is 2. The molecular weight excluding hydrogens is 594 g/mol. The van der Waals surface area contributed by atoms with E-state index < -0.39 is 28.5 Å². The number of amides is 2. The van der Waals surface area contributed by atoms with Gasteiger partial charge in [-0.25, -0.2) is 8.42 Å². The SMILES string of the molecule is CCCCNC(=O)[C@H](C)N(Cc1ccc(Br)cc1)C(=O)CN(c1ccccc1OCC)S(=O)(=O)c1ccccc1. The van der Waals surface area contributed by atoms with Crippen molar-refractivity contribution in [3.8, 4) is 5.75 Å². The van der Waals surface area contributed by atoms with Crippen LogP contribution >= 0.6 is 15.9 Å². The van der Waals surface area contributed by atoms with Crippen LogP contribution < -0.4 is 14.4 Å². The van der Waals surface area contributed by atoms with Crippen LogP contribution in [0.4, 0.5) is 5.69 Å². The van der Waals surface area contributed by atoms with Gasteiger partial charge in [0.15, 0.2) is 0 Å². The van der Waals surface area contributed by atoms with E-state index in [1.807, 2.05) is 31.2 Å². The smallest absolute Gasteiger partial charge is 0.264 e. The average molecular weight is 631 g/mol. The zero-order valence-corrected chi connectivity index (χ0v) is 25.4. The number of nitrogens with one attached hydrogen (secondary N) is 1. The van der Waals surface area contributed by atoms with E-state index in [0.29, 0.717) is 18.9 Å². The molecule has 0 fully saturated rings. The number of hydrogen-bond donors (Lipinski definition) is 1. The van der Waals surface area contributed by atoms with Crippen molar-refractivity contribution in [2.75, 3.05) is 24.0 Å². The van der Waals surface area contributed by atoms with Gasteiger partial charge in [-0.2, -0.15) is 0 Å². The second kappa shape index (κ2) is 14.9. The molecule has 0 aromatic heterocycles. The van der Waals surface area contributed by atoms with Crippen LogP contribution in [0.2, 0.25) is 0 Å². The highest BCUT2D eigenvalue weighted by molar-refractivity contribution is 9.10. The number of carbonyl (C=O) groups is 2. The highest BCUT2D eigenvalue weighted by Gasteiger charge is 2.33. The van der Waals surface area contributed by atoms with Crippen molar-refractivity contribution in [2.24, 2.45) is 0 Å². The summed E-state index contributed by atoms with van der Waals surface area (Å²) in [5, 5.41) is 2.89. The van der Waals surface area contributed by atoms with Gasteiger partial charge in [0.25, 0.3) is 10.0 Å². The van der Waals surface area contributed by atoms with Crippen molar-refractivity contribution in [1.29, 1.82) is 0 Å². The monoisotopic (exact) mass is 629 g/mol. The summed E-state index contributed by atoms with van der Waals surface area (Å²) < 4.78 is 35.6. The molecule has 1 atom stereocenters. The van der Waals surface area contributed by atoms with Gasteiger partial charge in [0.05, 0.1) is 17.2 Å². The molecule has 0 heterocycles. The van der Waals surface area contributed by atoms with Crippen LogP contribution in [0.3, 0.4) is 0 Å². The molecule has 1 N–H and O–H groups in total. The molecule has 8 nitrogen and oxygen atoms in total. The Morgan fingerprint density at radius 1 is 0.950 bits per heavy atom. The van der Waals surface area contributed by atoms with Crippen LogP contribution in [0.15, 0.2) is 88.2 Å². The third-order valence-corrected chi connectivity index (χ3v) is 8.61. The zero-order valence-electron chi connectivity index (χ0n) is 23.0. The summed E-state index contributed by atoms with van der Waals surface area (Å²) >= 11 is 3.42. The molecule has 0 spiro atoms. The lowest BCUT2D eigenvalue weighted by Gasteiger charge is -2.32. The summed E-state index contributed by atoms with van der Waals surface area (Å²) in [6.45, 7) is 5.90. The molecule has 0 saturated heterocycles. The first-order chi connectivity index (χ1) is 19.2. The summed E-state index contributed by atoms with van der Waals surface area (Å²) in [7, 11) is -4.17. The van der Waals surface area contributed by atoms with E-state index in [1.54, 1.807) is 56.3 Å². The van der Waals surface area contributed by atoms with E-state index in [0.717, 1.165) is 27.2 Å². The minimum atomic E-state index is -4.17. The topological polar surface area (TPSA) is 96.0 Å². The Morgan fingerprint density at radius 2 is 1.60 bits per heavy atom. The lowest BCUT2D eigenvalue weighted by Crippen LogP contribution is -2.51. The Bertz CT molecular complexity index is 1370. The summed E-state index contributed by atoms with van der Waals surface area (Å²) in [6, 6.07) is 21.3. The molecule has 2 amide bonds. The molecule has 0 unspecified atom stereocenters. The van der Waals surface area contributed by atoms with Gasteiger partial charge in [0, 0.05) is 17.6 Å². The van der Waals surface area contributed by atoms with E-state index in [2.05, 4.69) is 21.2 Å². The molecule has 0 aliphatic heterocycles. The maximum atomic E-state index is 14.0. The molecule has 3 rings (SSSR count). The molecule has 0 saturated carbocycles. The molecular formula is C30H36BrN3O5S. The standard InChI is InChI=1S/C30H36BrN3O5S/c1-4-6-20-32-30(36)23(3)33(21-24-16-18-25(31)19-17-24)29(35)22-34(27-14-10-11-15-28(27)39-5-2)40(37,38)26-12-8-7-9-13-26/h7-19,23H,4-6,20-22H2,1-3H3,(H,32,36)/t23-/m0/s1. The van der Waals surface area contributed by atoms with Gasteiger partial charge in [-0.1, -0.05) is 71.7 Å². The Balaban J connectivity index is 2.03. The fraction of sp³-hybridized carbons (Fsp3) is 0.333. The van der Waals surface area contributed by atoms with Gasteiger partial charge in [-0.05, 0) is 62.2 Å². The Hall–Kier alpha value is -3.37. The summed E-state index contributed by atoms with van der Waals surface area (Å²) in [6.07, 6.45) is 1.73. The minimum Gasteiger partial charge on any atom is -0.492 e. The van der Waals surface area contributed by atoms with E-state index in [4.69, 9.17) is 4.74 Å². The van der Waals surface area contributed by atoms with Crippen LogP contribution in [-0.4, -0.2) is 50.9 Å². The maximum Gasteiger partial charge on any atom is 0.264 e. The van der Waals surface area contributed by atoms with E-state index >= 15 is 0 Å². The molecule has 3 aromatic rings. The number of halogens is 1. The second-order valence-electron chi connectivity index (χ2n) is 9.19. The highest BCUT2D eigenvalue weighted by atomic mass is 79.9. The Kier molecular flexibility index (Phi) is 11.6. The summed E-state index contributed by atoms with van der Waals surface area (Å²) in [5.74, 6) is -0.486. The highest BCUT2D eigenvalue weighted by Crippen LogP contribution is 2.33. The quantitative estimate of drug-likeness (QED) is 0.242. The van der Waals surface area contributed by atoms with E-state index in [1.165, 1.54) is 17.0 Å². The largest absolute Gasteiger partial charge is 0.492 e. The van der Waals surface area contributed by atoms with Crippen molar-refractivity contribution < 1.29 is 22.7 Å². The van der Waals surface area contributed by atoms with Crippen molar-refractivity contribution in [1.82, 2.24) is 10.2 Å². The molecule has 0 aliphatic carbocycles. The van der Waals surface area contributed by atoms with Crippen LogP contribution in [0, 0.1) is 0 Å². The number of rotatable bonds is 14. The number of ether oxygens (including phenoxy) is 1. The molecule has 214 valence electrons. The predicted octanol–water partition coefficient (Wildman–Crippen LogP) is 5.38. The maximum absolute atomic E-state index is 14.0. The number of anilines is 1. The number of nitrogens with zero attached hydrogens (tertiary/aromatic N) is 2. The van der Waals surface area contributed by atoms with Crippen LogP contribution in [-0.2, 0) is 26.2 Å². The molecule has 3 aromatic carbocycles. The third-order valence-electron chi connectivity index (χ3n) is 6.31. The first-order valence-corrected chi connectivity index (χ1v) is 15.5. The third kappa shape index (κ3) is 8.08. The minimum absolute atomic E-state index is 0.0407. The average Bonchev–Trinajstić information content (AvgIpc) is 2.96. The van der Waals surface area contributed by atoms with Gasteiger partial charge in [-0.15, -0.1) is 0 Å². The fourth-order valence-electron chi connectivity index (χ4n) is 4.08.